The minimum absolute atomic E-state index is 0.0209. The summed E-state index contributed by atoms with van der Waals surface area (Å²) in [6.45, 7) is 6.67. The lowest BCUT2D eigenvalue weighted by Gasteiger charge is -2.34. The Kier molecular flexibility index (Phi) is 3.82. The Morgan fingerprint density at radius 1 is 1.50 bits per heavy atom. The Morgan fingerprint density at radius 3 is 2.94 bits per heavy atom. The number of rotatable bonds is 3. The average molecular weight is 226 g/mol. The van der Waals surface area contributed by atoms with E-state index in [0.717, 1.165) is 38.9 Å². The number of piperazine rings is 1. The molecule has 1 amide bonds. The van der Waals surface area contributed by atoms with Gasteiger partial charge in [-0.15, -0.1) is 0 Å². The summed E-state index contributed by atoms with van der Waals surface area (Å²) < 4.78 is 5.77. The van der Waals surface area contributed by atoms with Gasteiger partial charge in [0.15, 0.2) is 0 Å². The number of hydrogen-bond donors (Lipinski definition) is 1. The van der Waals surface area contributed by atoms with Crippen LogP contribution in [0.25, 0.3) is 0 Å². The fraction of sp³-hybridized carbons (Fsp3) is 0.917. The average Bonchev–Trinajstić information content (AvgIpc) is 2.67. The molecular formula is C12H22N2O2. The van der Waals surface area contributed by atoms with Gasteiger partial charge < -0.3 is 15.0 Å². The summed E-state index contributed by atoms with van der Waals surface area (Å²) in [6, 6.07) is 0.0209. The van der Waals surface area contributed by atoms with Crippen LogP contribution >= 0.6 is 0 Å². The molecule has 0 bridgehead atoms. The summed E-state index contributed by atoms with van der Waals surface area (Å²) in [5, 5.41) is 3.25. The van der Waals surface area contributed by atoms with Gasteiger partial charge in [0.05, 0.1) is 18.2 Å². The Balaban J connectivity index is 1.86. The Bertz CT molecular complexity index is 257. The summed E-state index contributed by atoms with van der Waals surface area (Å²) in [7, 11) is 0. The van der Waals surface area contributed by atoms with E-state index in [1.165, 1.54) is 0 Å². The summed E-state index contributed by atoms with van der Waals surface area (Å²) in [5.41, 5.74) is 0. The highest BCUT2D eigenvalue weighted by Crippen LogP contribution is 2.20. The minimum atomic E-state index is 0.0209. The normalized spacial score (nSPS) is 35.8. The predicted molar refractivity (Wildman–Crippen MR) is 62.2 cm³/mol. The molecule has 1 N–H and O–H groups in total. The molecule has 0 aromatic heterocycles. The molecule has 0 radical (unpaired) electrons. The van der Waals surface area contributed by atoms with E-state index in [4.69, 9.17) is 4.74 Å². The number of ether oxygens (including phenoxy) is 1. The zero-order chi connectivity index (χ0) is 11.5. The monoisotopic (exact) mass is 226 g/mol. The number of carbonyl (C=O) groups excluding carboxylic acids is 1. The van der Waals surface area contributed by atoms with Crippen molar-refractivity contribution >= 4 is 5.91 Å². The van der Waals surface area contributed by atoms with Gasteiger partial charge in [0.25, 0.3) is 0 Å². The van der Waals surface area contributed by atoms with Crippen molar-refractivity contribution in [3.05, 3.63) is 0 Å². The van der Waals surface area contributed by atoms with Gasteiger partial charge in [-0.3, -0.25) is 4.79 Å². The first-order valence-corrected chi connectivity index (χ1v) is 6.38. The molecular weight excluding hydrogens is 204 g/mol. The SMILES string of the molecule is CCC1NCCN(CC2CCC(C)O2)C1=O. The first-order chi connectivity index (χ1) is 7.70. The molecule has 0 aliphatic carbocycles. The van der Waals surface area contributed by atoms with E-state index in [-0.39, 0.29) is 18.1 Å². The number of nitrogens with one attached hydrogen (secondary N) is 1. The quantitative estimate of drug-likeness (QED) is 0.772. The van der Waals surface area contributed by atoms with Gasteiger partial charge in [0, 0.05) is 19.6 Å². The topological polar surface area (TPSA) is 41.6 Å². The molecule has 2 heterocycles. The van der Waals surface area contributed by atoms with Crippen LogP contribution in [0.3, 0.4) is 0 Å². The zero-order valence-electron chi connectivity index (χ0n) is 10.2. The highest BCUT2D eigenvalue weighted by Gasteiger charge is 2.31. The molecule has 92 valence electrons. The van der Waals surface area contributed by atoms with Crippen molar-refractivity contribution in [2.45, 2.75) is 51.4 Å². The molecule has 16 heavy (non-hydrogen) atoms. The van der Waals surface area contributed by atoms with Crippen LogP contribution in [0.2, 0.25) is 0 Å². The van der Waals surface area contributed by atoms with Crippen LogP contribution in [0.4, 0.5) is 0 Å². The molecule has 2 fully saturated rings. The van der Waals surface area contributed by atoms with E-state index in [0.29, 0.717) is 6.10 Å². The molecule has 2 aliphatic heterocycles. The highest BCUT2D eigenvalue weighted by atomic mass is 16.5. The number of nitrogens with zero attached hydrogens (tertiary/aromatic N) is 1. The predicted octanol–water partition coefficient (Wildman–Crippen LogP) is 0.764. The van der Waals surface area contributed by atoms with Gasteiger partial charge in [-0.05, 0) is 26.2 Å². The van der Waals surface area contributed by atoms with E-state index in [2.05, 4.69) is 12.2 Å². The van der Waals surface area contributed by atoms with Crippen molar-refractivity contribution < 1.29 is 9.53 Å². The van der Waals surface area contributed by atoms with Crippen LogP contribution < -0.4 is 5.32 Å². The van der Waals surface area contributed by atoms with Gasteiger partial charge in [-0.25, -0.2) is 0 Å². The summed E-state index contributed by atoms with van der Waals surface area (Å²) >= 11 is 0. The largest absolute Gasteiger partial charge is 0.373 e. The fourth-order valence-corrected chi connectivity index (χ4v) is 2.56. The van der Waals surface area contributed by atoms with Gasteiger partial charge >= 0.3 is 0 Å². The van der Waals surface area contributed by atoms with Crippen molar-refractivity contribution in [3.63, 3.8) is 0 Å². The molecule has 4 nitrogen and oxygen atoms in total. The second-order valence-electron chi connectivity index (χ2n) is 4.85. The van der Waals surface area contributed by atoms with Gasteiger partial charge in [-0.2, -0.15) is 0 Å². The molecule has 2 saturated heterocycles. The molecule has 0 aromatic rings. The molecule has 2 aliphatic rings. The van der Waals surface area contributed by atoms with Gasteiger partial charge in [0.2, 0.25) is 5.91 Å². The standard InChI is InChI=1S/C12H22N2O2/c1-3-11-12(15)14(7-6-13-11)8-10-5-4-9(2)16-10/h9-11,13H,3-8H2,1-2H3. The fourth-order valence-electron chi connectivity index (χ4n) is 2.56. The van der Waals surface area contributed by atoms with E-state index >= 15 is 0 Å². The van der Waals surface area contributed by atoms with Crippen LogP contribution in [0, 0.1) is 0 Å². The van der Waals surface area contributed by atoms with E-state index in [9.17, 15) is 4.79 Å². The van der Waals surface area contributed by atoms with E-state index in [1.54, 1.807) is 0 Å². The van der Waals surface area contributed by atoms with Crippen LogP contribution in [-0.2, 0) is 9.53 Å². The Labute approximate surface area is 97.3 Å². The lowest BCUT2D eigenvalue weighted by atomic mass is 10.1. The zero-order valence-corrected chi connectivity index (χ0v) is 10.2. The summed E-state index contributed by atoms with van der Waals surface area (Å²) in [6.07, 6.45) is 3.72. The third-order valence-corrected chi connectivity index (χ3v) is 3.53. The second kappa shape index (κ2) is 5.15. The van der Waals surface area contributed by atoms with Crippen molar-refractivity contribution in [2.24, 2.45) is 0 Å². The van der Waals surface area contributed by atoms with Crippen molar-refractivity contribution in [3.8, 4) is 0 Å². The van der Waals surface area contributed by atoms with Crippen molar-refractivity contribution in [1.82, 2.24) is 10.2 Å². The van der Waals surface area contributed by atoms with Gasteiger partial charge in [-0.1, -0.05) is 6.92 Å². The van der Waals surface area contributed by atoms with E-state index < -0.39 is 0 Å². The second-order valence-corrected chi connectivity index (χ2v) is 4.85. The number of carbonyl (C=O) groups is 1. The molecule has 3 unspecified atom stereocenters. The molecule has 2 rings (SSSR count). The first kappa shape index (κ1) is 11.9. The maximum atomic E-state index is 12.0. The molecule has 0 saturated carbocycles. The third kappa shape index (κ3) is 2.55. The smallest absolute Gasteiger partial charge is 0.239 e. The highest BCUT2D eigenvalue weighted by molar-refractivity contribution is 5.82. The van der Waals surface area contributed by atoms with Crippen LogP contribution in [-0.4, -0.2) is 48.7 Å². The van der Waals surface area contributed by atoms with Crippen LogP contribution in [0.1, 0.15) is 33.1 Å². The van der Waals surface area contributed by atoms with Gasteiger partial charge in [0.1, 0.15) is 0 Å². The lowest BCUT2D eigenvalue weighted by molar-refractivity contribution is -0.137. The Morgan fingerprint density at radius 2 is 2.31 bits per heavy atom. The summed E-state index contributed by atoms with van der Waals surface area (Å²) in [4.78, 5) is 14.0. The molecule has 0 spiro atoms. The van der Waals surface area contributed by atoms with Crippen LogP contribution in [0.5, 0.6) is 0 Å². The van der Waals surface area contributed by atoms with Crippen molar-refractivity contribution in [2.75, 3.05) is 19.6 Å². The maximum absolute atomic E-state index is 12.0. The lowest BCUT2D eigenvalue weighted by Crippen LogP contribution is -2.56. The molecule has 0 aromatic carbocycles. The number of hydrogen-bond acceptors (Lipinski definition) is 3. The first-order valence-electron chi connectivity index (χ1n) is 6.38. The third-order valence-electron chi connectivity index (χ3n) is 3.53. The minimum Gasteiger partial charge on any atom is -0.373 e. The Hall–Kier alpha value is -0.610. The van der Waals surface area contributed by atoms with E-state index in [1.807, 2.05) is 11.8 Å². The van der Waals surface area contributed by atoms with Crippen molar-refractivity contribution in [1.29, 1.82) is 0 Å². The number of amides is 1. The molecule has 3 atom stereocenters. The summed E-state index contributed by atoms with van der Waals surface area (Å²) in [5.74, 6) is 0.247. The van der Waals surface area contributed by atoms with Crippen LogP contribution in [0.15, 0.2) is 0 Å². The molecule has 4 heteroatoms. The maximum Gasteiger partial charge on any atom is 0.239 e.